The number of rotatable bonds is 4. The Hall–Kier alpha value is -2.48. The number of hydrogen-bond acceptors (Lipinski definition) is 6. The van der Waals surface area contributed by atoms with E-state index < -0.39 is 12.1 Å². The highest BCUT2D eigenvalue weighted by Crippen LogP contribution is 2.17. The molecule has 0 bridgehead atoms. The van der Waals surface area contributed by atoms with Crippen LogP contribution in [0.25, 0.3) is 0 Å². The summed E-state index contributed by atoms with van der Waals surface area (Å²) in [7, 11) is 1.24. The molecule has 0 atom stereocenters. The van der Waals surface area contributed by atoms with Crippen LogP contribution in [0.5, 0.6) is 0 Å². The molecule has 1 heterocycles. The second-order valence-corrected chi connectivity index (χ2v) is 4.82. The molecule has 0 aliphatic rings. The van der Waals surface area contributed by atoms with Crippen molar-refractivity contribution in [3.8, 4) is 0 Å². The molecule has 0 saturated heterocycles. The molecule has 7 nitrogen and oxygen atoms in total. The van der Waals surface area contributed by atoms with E-state index in [9.17, 15) is 9.59 Å². The number of anilines is 1. The van der Waals surface area contributed by atoms with Gasteiger partial charge < -0.3 is 9.47 Å². The standard InChI is InChI=1S/C14H12BrN3O4/c1-21-13(19)10-7-16-12(11(15)17-10)18-14(20)22-8-9-5-3-2-4-6-9/h2-7H,8H2,1H3,(H,16,18,20). The number of carbonyl (C=O) groups is 2. The molecule has 1 amide bonds. The number of nitrogens with one attached hydrogen (secondary N) is 1. The Morgan fingerprint density at radius 1 is 1.27 bits per heavy atom. The zero-order chi connectivity index (χ0) is 15.9. The van der Waals surface area contributed by atoms with Crippen molar-refractivity contribution in [1.82, 2.24) is 9.97 Å². The number of halogens is 1. The lowest BCUT2D eigenvalue weighted by Crippen LogP contribution is -2.16. The van der Waals surface area contributed by atoms with E-state index >= 15 is 0 Å². The summed E-state index contributed by atoms with van der Waals surface area (Å²) in [6, 6.07) is 9.26. The largest absolute Gasteiger partial charge is 0.464 e. The van der Waals surface area contributed by atoms with Gasteiger partial charge in [0.2, 0.25) is 0 Å². The number of carbonyl (C=O) groups excluding carboxylic acids is 2. The van der Waals surface area contributed by atoms with Gasteiger partial charge in [-0.3, -0.25) is 5.32 Å². The third-order valence-electron chi connectivity index (χ3n) is 2.56. The molecule has 114 valence electrons. The maximum absolute atomic E-state index is 11.7. The fourth-order valence-corrected chi connectivity index (χ4v) is 1.90. The van der Waals surface area contributed by atoms with Gasteiger partial charge in [-0.15, -0.1) is 0 Å². The van der Waals surface area contributed by atoms with E-state index in [4.69, 9.17) is 4.74 Å². The molecule has 0 unspecified atom stereocenters. The molecule has 8 heteroatoms. The first-order valence-electron chi connectivity index (χ1n) is 6.18. The minimum absolute atomic E-state index is 0.0255. The Labute approximate surface area is 134 Å². The van der Waals surface area contributed by atoms with Crippen LogP contribution in [0.15, 0.2) is 41.1 Å². The summed E-state index contributed by atoms with van der Waals surface area (Å²) in [6.45, 7) is 0.137. The zero-order valence-electron chi connectivity index (χ0n) is 11.6. The highest BCUT2D eigenvalue weighted by atomic mass is 79.9. The van der Waals surface area contributed by atoms with Gasteiger partial charge in [-0.1, -0.05) is 30.3 Å². The summed E-state index contributed by atoms with van der Waals surface area (Å²) in [5.41, 5.74) is 0.890. The van der Waals surface area contributed by atoms with Crippen molar-refractivity contribution in [2.24, 2.45) is 0 Å². The Balaban J connectivity index is 1.95. The molecule has 2 aromatic rings. The molecule has 0 radical (unpaired) electrons. The van der Waals surface area contributed by atoms with E-state index in [1.54, 1.807) is 0 Å². The molecule has 22 heavy (non-hydrogen) atoms. The lowest BCUT2D eigenvalue weighted by atomic mass is 10.2. The van der Waals surface area contributed by atoms with Crippen LogP contribution in [0, 0.1) is 0 Å². The molecule has 0 saturated carbocycles. The third-order valence-corrected chi connectivity index (χ3v) is 3.11. The van der Waals surface area contributed by atoms with Gasteiger partial charge in [-0.25, -0.2) is 19.6 Å². The molecule has 1 N–H and O–H groups in total. The summed E-state index contributed by atoms with van der Waals surface area (Å²) in [6.07, 6.45) is 0.522. The summed E-state index contributed by atoms with van der Waals surface area (Å²) in [5.74, 6) is -0.475. The normalized spacial score (nSPS) is 9.91. The third kappa shape index (κ3) is 4.26. The minimum atomic E-state index is -0.676. The number of hydrogen-bond donors (Lipinski definition) is 1. The lowest BCUT2D eigenvalue weighted by Gasteiger charge is -2.08. The summed E-state index contributed by atoms with van der Waals surface area (Å²) < 4.78 is 9.78. The number of amides is 1. The molecule has 0 aliphatic carbocycles. The minimum Gasteiger partial charge on any atom is -0.464 e. The first-order chi connectivity index (χ1) is 10.6. The second-order valence-electron chi connectivity index (χ2n) is 4.07. The number of aromatic nitrogens is 2. The van der Waals surface area contributed by atoms with E-state index in [1.807, 2.05) is 30.3 Å². The smallest absolute Gasteiger partial charge is 0.413 e. The second kappa shape index (κ2) is 7.51. The van der Waals surface area contributed by atoms with E-state index in [0.717, 1.165) is 5.56 Å². The fraction of sp³-hybridized carbons (Fsp3) is 0.143. The molecular weight excluding hydrogens is 354 g/mol. The van der Waals surface area contributed by atoms with Gasteiger partial charge in [0.1, 0.15) is 11.2 Å². The molecule has 2 rings (SSSR count). The van der Waals surface area contributed by atoms with Gasteiger partial charge >= 0.3 is 12.1 Å². The number of benzene rings is 1. The van der Waals surface area contributed by atoms with E-state index in [2.05, 4.69) is 36.0 Å². The highest BCUT2D eigenvalue weighted by molar-refractivity contribution is 9.10. The number of esters is 1. The Bertz CT molecular complexity index is 679. The molecule has 0 fully saturated rings. The van der Waals surface area contributed by atoms with Crippen LogP contribution < -0.4 is 5.32 Å². The van der Waals surface area contributed by atoms with Crippen LogP contribution >= 0.6 is 15.9 Å². The number of nitrogens with zero attached hydrogens (tertiary/aromatic N) is 2. The lowest BCUT2D eigenvalue weighted by molar-refractivity contribution is 0.0593. The monoisotopic (exact) mass is 365 g/mol. The summed E-state index contributed by atoms with van der Waals surface area (Å²) in [5, 5.41) is 2.43. The summed E-state index contributed by atoms with van der Waals surface area (Å²) >= 11 is 3.12. The topological polar surface area (TPSA) is 90.4 Å². The highest BCUT2D eigenvalue weighted by Gasteiger charge is 2.14. The van der Waals surface area contributed by atoms with Gasteiger partial charge in [0.05, 0.1) is 13.3 Å². The SMILES string of the molecule is COC(=O)c1cnc(NC(=O)OCc2ccccc2)c(Br)n1. The van der Waals surface area contributed by atoms with Gasteiger partial charge in [0.15, 0.2) is 11.5 Å². The molecule has 0 aliphatic heterocycles. The van der Waals surface area contributed by atoms with Crippen LogP contribution in [-0.2, 0) is 16.1 Å². The van der Waals surface area contributed by atoms with Crippen molar-refractivity contribution in [2.75, 3.05) is 12.4 Å². The number of methoxy groups -OCH3 is 1. The van der Waals surface area contributed by atoms with Gasteiger partial charge in [-0.05, 0) is 21.5 Å². The van der Waals surface area contributed by atoms with Crippen molar-refractivity contribution in [2.45, 2.75) is 6.61 Å². The van der Waals surface area contributed by atoms with Gasteiger partial charge in [0.25, 0.3) is 0 Å². The van der Waals surface area contributed by atoms with Crippen LogP contribution in [0.3, 0.4) is 0 Å². The molecule has 1 aromatic heterocycles. The Morgan fingerprint density at radius 3 is 2.64 bits per heavy atom. The van der Waals surface area contributed by atoms with Crippen molar-refractivity contribution in [3.63, 3.8) is 0 Å². The van der Waals surface area contributed by atoms with E-state index in [0.29, 0.717) is 0 Å². The van der Waals surface area contributed by atoms with E-state index in [-0.39, 0.29) is 22.7 Å². The number of ether oxygens (including phenoxy) is 2. The predicted molar refractivity (Wildman–Crippen MR) is 81.3 cm³/mol. The zero-order valence-corrected chi connectivity index (χ0v) is 13.2. The molecular formula is C14H12BrN3O4. The molecule has 1 aromatic carbocycles. The molecule has 0 spiro atoms. The summed E-state index contributed by atoms with van der Waals surface area (Å²) in [4.78, 5) is 30.8. The fourth-order valence-electron chi connectivity index (χ4n) is 1.51. The van der Waals surface area contributed by atoms with Gasteiger partial charge in [-0.2, -0.15) is 0 Å². The maximum atomic E-state index is 11.7. The average Bonchev–Trinajstić information content (AvgIpc) is 2.55. The Morgan fingerprint density at radius 2 is 2.00 bits per heavy atom. The van der Waals surface area contributed by atoms with Crippen molar-refractivity contribution in [1.29, 1.82) is 0 Å². The Kier molecular flexibility index (Phi) is 5.42. The first-order valence-corrected chi connectivity index (χ1v) is 6.98. The van der Waals surface area contributed by atoms with Crippen molar-refractivity contribution >= 4 is 33.8 Å². The van der Waals surface area contributed by atoms with Crippen molar-refractivity contribution in [3.05, 3.63) is 52.4 Å². The van der Waals surface area contributed by atoms with Gasteiger partial charge in [0, 0.05) is 0 Å². The van der Waals surface area contributed by atoms with Crippen LogP contribution in [0.4, 0.5) is 10.6 Å². The van der Waals surface area contributed by atoms with Crippen LogP contribution in [-0.4, -0.2) is 29.1 Å². The van der Waals surface area contributed by atoms with Crippen LogP contribution in [0.2, 0.25) is 0 Å². The first kappa shape index (κ1) is 15.9. The predicted octanol–water partition coefficient (Wildman–Crippen LogP) is 2.77. The quantitative estimate of drug-likeness (QED) is 0.837. The van der Waals surface area contributed by atoms with Crippen molar-refractivity contribution < 1.29 is 19.1 Å². The van der Waals surface area contributed by atoms with E-state index in [1.165, 1.54) is 13.3 Å². The maximum Gasteiger partial charge on any atom is 0.413 e. The average molecular weight is 366 g/mol. The van der Waals surface area contributed by atoms with Crippen LogP contribution in [0.1, 0.15) is 16.1 Å².